The Hall–Kier alpha value is -3.75. The van der Waals surface area contributed by atoms with Crippen LogP contribution in [0.1, 0.15) is 0 Å². The van der Waals surface area contributed by atoms with Crippen molar-refractivity contribution >= 4 is 61.4 Å². The third kappa shape index (κ3) is 3.04. The number of hydrogen-bond acceptors (Lipinski definition) is 2. The molecular weight excluding hydrogens is 402 g/mol. The molecule has 6 rings (SSSR count). The lowest BCUT2D eigenvalue weighted by atomic mass is 10.1. The minimum absolute atomic E-state index is 0.708. The number of benzene rings is 5. The van der Waals surface area contributed by atoms with Crippen LogP contribution >= 0.6 is 11.6 Å². The molecule has 0 atom stereocenters. The van der Waals surface area contributed by atoms with Gasteiger partial charge in [-0.05, 0) is 47.9 Å². The van der Waals surface area contributed by atoms with Gasteiger partial charge in [0.2, 0.25) is 0 Å². The number of fused-ring (bicyclic) bond motifs is 4. The molecule has 0 unspecified atom stereocenters. The monoisotopic (exact) mass is 419 g/mol. The molecule has 0 aliphatic heterocycles. The standard InChI is InChI=1S/C28H18ClNO/c29-20-16-19-8-4-5-11-23(19)26(17-20)30(21-9-2-1-3-10-21)22-14-15-25-24-12-6-7-13-27(24)31-28(25)18-22/h1-18H. The van der Waals surface area contributed by atoms with Crippen molar-refractivity contribution in [2.75, 3.05) is 4.90 Å². The zero-order valence-corrected chi connectivity index (χ0v) is 17.4. The lowest BCUT2D eigenvalue weighted by molar-refractivity contribution is 0.669. The number of furan rings is 1. The highest BCUT2D eigenvalue weighted by atomic mass is 35.5. The van der Waals surface area contributed by atoms with Crippen molar-refractivity contribution < 1.29 is 4.42 Å². The lowest BCUT2D eigenvalue weighted by Gasteiger charge is -2.27. The highest BCUT2D eigenvalue weighted by Gasteiger charge is 2.17. The molecule has 0 bridgehead atoms. The second kappa shape index (κ2) is 7.19. The van der Waals surface area contributed by atoms with Crippen LogP contribution in [-0.2, 0) is 0 Å². The van der Waals surface area contributed by atoms with Gasteiger partial charge in [-0.3, -0.25) is 0 Å². The van der Waals surface area contributed by atoms with Crippen LogP contribution in [0.15, 0.2) is 114 Å². The van der Waals surface area contributed by atoms with Crippen LogP contribution in [0.4, 0.5) is 17.1 Å². The summed E-state index contributed by atoms with van der Waals surface area (Å²) in [5.74, 6) is 0. The van der Waals surface area contributed by atoms with Crippen molar-refractivity contribution in [2.24, 2.45) is 0 Å². The molecule has 1 heterocycles. The predicted molar refractivity (Wildman–Crippen MR) is 131 cm³/mol. The summed E-state index contributed by atoms with van der Waals surface area (Å²) in [6.07, 6.45) is 0. The fourth-order valence-electron chi connectivity index (χ4n) is 4.30. The van der Waals surface area contributed by atoms with Gasteiger partial charge in [0.15, 0.2) is 0 Å². The van der Waals surface area contributed by atoms with E-state index in [9.17, 15) is 0 Å². The zero-order chi connectivity index (χ0) is 20.8. The van der Waals surface area contributed by atoms with E-state index in [-0.39, 0.29) is 0 Å². The number of rotatable bonds is 3. The summed E-state index contributed by atoms with van der Waals surface area (Å²) < 4.78 is 6.17. The first-order chi connectivity index (χ1) is 15.3. The van der Waals surface area contributed by atoms with Gasteiger partial charge in [-0.25, -0.2) is 0 Å². The van der Waals surface area contributed by atoms with Gasteiger partial charge >= 0.3 is 0 Å². The first kappa shape index (κ1) is 18.1. The van der Waals surface area contributed by atoms with Crippen molar-refractivity contribution in [3.8, 4) is 0 Å². The molecule has 0 radical (unpaired) electrons. The van der Waals surface area contributed by atoms with Gasteiger partial charge in [-0.1, -0.05) is 72.3 Å². The van der Waals surface area contributed by atoms with Crippen LogP contribution in [0.5, 0.6) is 0 Å². The van der Waals surface area contributed by atoms with E-state index in [1.807, 2.05) is 42.5 Å². The topological polar surface area (TPSA) is 16.4 Å². The highest BCUT2D eigenvalue weighted by Crippen LogP contribution is 2.42. The Morgan fingerprint density at radius 3 is 2.13 bits per heavy atom. The predicted octanol–water partition coefficient (Wildman–Crippen LogP) is 8.86. The Balaban J connectivity index is 1.64. The molecule has 0 amide bonds. The number of nitrogens with zero attached hydrogens (tertiary/aromatic N) is 1. The number of para-hydroxylation sites is 2. The number of halogens is 1. The minimum atomic E-state index is 0.708. The molecule has 0 saturated carbocycles. The SMILES string of the molecule is Clc1cc(N(c2ccccc2)c2ccc3c(c2)oc2ccccc23)c2ccccc2c1. The molecule has 31 heavy (non-hydrogen) atoms. The van der Waals surface area contributed by atoms with Gasteiger partial charge < -0.3 is 9.32 Å². The van der Waals surface area contributed by atoms with Crippen molar-refractivity contribution in [3.63, 3.8) is 0 Å². The van der Waals surface area contributed by atoms with Crippen molar-refractivity contribution in [3.05, 3.63) is 114 Å². The van der Waals surface area contributed by atoms with E-state index < -0.39 is 0 Å². The van der Waals surface area contributed by atoms with E-state index in [4.69, 9.17) is 16.0 Å². The Bertz CT molecular complexity index is 1550. The second-order valence-electron chi connectivity index (χ2n) is 7.60. The Kier molecular flexibility index (Phi) is 4.19. The van der Waals surface area contributed by atoms with E-state index >= 15 is 0 Å². The van der Waals surface area contributed by atoms with E-state index in [1.165, 1.54) is 0 Å². The van der Waals surface area contributed by atoms with Gasteiger partial charge in [0.1, 0.15) is 11.2 Å². The molecule has 0 N–H and O–H groups in total. The van der Waals surface area contributed by atoms with E-state index in [0.29, 0.717) is 5.02 Å². The molecule has 3 heteroatoms. The normalized spacial score (nSPS) is 11.4. The first-order valence-electron chi connectivity index (χ1n) is 10.2. The molecular formula is C28H18ClNO. The first-order valence-corrected chi connectivity index (χ1v) is 10.6. The van der Waals surface area contributed by atoms with E-state index in [1.54, 1.807) is 0 Å². The van der Waals surface area contributed by atoms with Gasteiger partial charge in [0, 0.05) is 38.6 Å². The summed E-state index contributed by atoms with van der Waals surface area (Å²) in [4.78, 5) is 2.24. The maximum atomic E-state index is 6.55. The summed E-state index contributed by atoms with van der Waals surface area (Å²) in [6, 6.07) is 37.2. The van der Waals surface area contributed by atoms with Crippen LogP contribution in [0.2, 0.25) is 5.02 Å². The minimum Gasteiger partial charge on any atom is -0.456 e. The number of hydrogen-bond donors (Lipinski definition) is 0. The van der Waals surface area contributed by atoms with Gasteiger partial charge in [0.05, 0.1) is 5.69 Å². The molecule has 0 fully saturated rings. The Morgan fingerprint density at radius 2 is 1.26 bits per heavy atom. The van der Waals surface area contributed by atoms with Crippen molar-refractivity contribution in [2.45, 2.75) is 0 Å². The quantitative estimate of drug-likeness (QED) is 0.284. The summed E-state index contributed by atoms with van der Waals surface area (Å²) >= 11 is 6.55. The Labute approximate surface area is 184 Å². The molecule has 0 aliphatic carbocycles. The average Bonchev–Trinajstić information content (AvgIpc) is 3.18. The maximum absolute atomic E-state index is 6.55. The van der Waals surface area contributed by atoms with E-state index in [2.05, 4.69) is 71.6 Å². The molecule has 0 spiro atoms. The van der Waals surface area contributed by atoms with Gasteiger partial charge in [-0.2, -0.15) is 0 Å². The van der Waals surface area contributed by atoms with E-state index in [0.717, 1.165) is 49.8 Å². The molecule has 0 saturated heterocycles. The summed E-state index contributed by atoms with van der Waals surface area (Å²) in [5.41, 5.74) is 4.88. The summed E-state index contributed by atoms with van der Waals surface area (Å²) in [5, 5.41) is 5.20. The Morgan fingerprint density at radius 1 is 0.548 bits per heavy atom. The van der Waals surface area contributed by atoms with Gasteiger partial charge in [0.25, 0.3) is 0 Å². The van der Waals surface area contributed by atoms with Crippen LogP contribution in [0.3, 0.4) is 0 Å². The van der Waals surface area contributed by atoms with Crippen LogP contribution in [0, 0.1) is 0 Å². The molecule has 2 nitrogen and oxygen atoms in total. The van der Waals surface area contributed by atoms with Crippen molar-refractivity contribution in [1.82, 2.24) is 0 Å². The van der Waals surface area contributed by atoms with Crippen molar-refractivity contribution in [1.29, 1.82) is 0 Å². The molecule has 5 aromatic carbocycles. The fourth-order valence-corrected chi connectivity index (χ4v) is 4.52. The van der Waals surface area contributed by atoms with Crippen LogP contribution in [0.25, 0.3) is 32.7 Å². The fraction of sp³-hybridized carbons (Fsp3) is 0. The molecule has 6 aromatic rings. The molecule has 148 valence electrons. The van der Waals surface area contributed by atoms with Gasteiger partial charge in [-0.15, -0.1) is 0 Å². The average molecular weight is 420 g/mol. The van der Waals surface area contributed by atoms with Crippen LogP contribution in [-0.4, -0.2) is 0 Å². The maximum Gasteiger partial charge on any atom is 0.137 e. The third-order valence-electron chi connectivity index (χ3n) is 5.68. The lowest BCUT2D eigenvalue weighted by Crippen LogP contribution is -2.10. The smallest absolute Gasteiger partial charge is 0.137 e. The second-order valence-corrected chi connectivity index (χ2v) is 8.03. The number of anilines is 3. The third-order valence-corrected chi connectivity index (χ3v) is 5.90. The zero-order valence-electron chi connectivity index (χ0n) is 16.6. The van der Waals surface area contributed by atoms with Crippen LogP contribution < -0.4 is 4.90 Å². The summed E-state index contributed by atoms with van der Waals surface area (Å²) in [7, 11) is 0. The molecule has 1 aromatic heterocycles. The summed E-state index contributed by atoms with van der Waals surface area (Å²) in [6.45, 7) is 0. The largest absolute Gasteiger partial charge is 0.456 e. The highest BCUT2D eigenvalue weighted by molar-refractivity contribution is 6.32. The molecule has 0 aliphatic rings.